The first-order valence-electron chi connectivity index (χ1n) is 10.2. The van der Waals surface area contributed by atoms with E-state index in [-0.39, 0.29) is 18.4 Å². The Morgan fingerprint density at radius 1 is 1.00 bits per heavy atom. The van der Waals surface area contributed by atoms with Gasteiger partial charge in [-0.25, -0.2) is 4.39 Å². The van der Waals surface area contributed by atoms with Gasteiger partial charge in [-0.2, -0.15) is 0 Å². The number of carbonyl (C=O) groups excluding carboxylic acids is 2. The van der Waals surface area contributed by atoms with Gasteiger partial charge in [0.15, 0.2) is 0 Å². The highest BCUT2D eigenvalue weighted by Gasteiger charge is 2.25. The predicted octanol–water partition coefficient (Wildman–Crippen LogP) is 2.49. The van der Waals surface area contributed by atoms with E-state index in [4.69, 9.17) is 0 Å². The molecule has 1 saturated heterocycles. The Hall–Kier alpha value is -2.77. The normalized spacial score (nSPS) is 16.1. The van der Waals surface area contributed by atoms with E-state index in [1.54, 1.807) is 12.1 Å². The Morgan fingerprint density at radius 2 is 1.67 bits per heavy atom. The third-order valence-electron chi connectivity index (χ3n) is 5.54. The van der Waals surface area contributed by atoms with E-state index < -0.39 is 11.8 Å². The van der Waals surface area contributed by atoms with Crippen molar-refractivity contribution in [3.63, 3.8) is 0 Å². The zero-order chi connectivity index (χ0) is 21.7. The number of piperazine rings is 1. The molecule has 0 spiro atoms. The lowest BCUT2D eigenvalue weighted by Gasteiger charge is -2.38. The number of anilines is 1. The molecule has 1 aliphatic heterocycles. The fraction of sp³-hybridized carbons (Fsp3) is 0.391. The number of nitrogens with zero attached hydrogens (tertiary/aromatic N) is 2. The van der Waals surface area contributed by atoms with Gasteiger partial charge in [0.1, 0.15) is 5.82 Å². The average Bonchev–Trinajstić information content (AvgIpc) is 2.73. The van der Waals surface area contributed by atoms with Crippen LogP contribution in [0.5, 0.6) is 0 Å². The number of carbonyl (C=O) groups is 2. The minimum Gasteiger partial charge on any atom is -0.346 e. The second kappa shape index (κ2) is 9.82. The largest absolute Gasteiger partial charge is 0.346 e. The molecule has 0 unspecified atom stereocenters. The molecule has 2 amide bonds. The van der Waals surface area contributed by atoms with E-state index in [1.165, 1.54) is 12.1 Å². The average molecular weight is 413 g/mol. The maximum atomic E-state index is 13.4. The van der Waals surface area contributed by atoms with Crippen LogP contribution in [0, 0.1) is 19.7 Å². The molecule has 160 valence electrons. The molecule has 0 aromatic heterocycles. The second-order valence-electron chi connectivity index (χ2n) is 7.89. The van der Waals surface area contributed by atoms with Crippen LogP contribution in [0.15, 0.2) is 42.5 Å². The molecule has 0 radical (unpaired) electrons. The van der Waals surface area contributed by atoms with Crippen molar-refractivity contribution in [2.75, 3.05) is 45.1 Å². The topological polar surface area (TPSA) is 64.7 Å². The third-order valence-corrected chi connectivity index (χ3v) is 5.54. The Morgan fingerprint density at radius 3 is 2.33 bits per heavy atom. The molecule has 2 aromatic rings. The standard InChI is InChI=1S/C23H29FN4O2/c1-16-4-5-17(2)20(14-16)26-23(30)22(29)25-15-21(18-6-8-19(24)9-7-18)28-12-10-27(3)11-13-28/h4-9,14,21H,10-13,15H2,1-3H3,(H,25,29)(H,26,30)/t21-/m0/s1. The quantitative estimate of drug-likeness (QED) is 0.741. The summed E-state index contributed by atoms with van der Waals surface area (Å²) >= 11 is 0. The van der Waals surface area contributed by atoms with E-state index in [0.29, 0.717) is 5.69 Å². The first kappa shape index (κ1) is 21.9. The summed E-state index contributed by atoms with van der Waals surface area (Å²) in [7, 11) is 2.07. The van der Waals surface area contributed by atoms with Gasteiger partial charge in [-0.3, -0.25) is 14.5 Å². The van der Waals surface area contributed by atoms with E-state index in [9.17, 15) is 14.0 Å². The Labute approximate surface area is 177 Å². The first-order chi connectivity index (χ1) is 14.3. The fourth-order valence-electron chi connectivity index (χ4n) is 3.60. The maximum Gasteiger partial charge on any atom is 0.313 e. The van der Waals surface area contributed by atoms with Gasteiger partial charge in [-0.05, 0) is 55.8 Å². The predicted molar refractivity (Wildman–Crippen MR) is 116 cm³/mol. The summed E-state index contributed by atoms with van der Waals surface area (Å²) in [4.78, 5) is 29.4. The lowest BCUT2D eigenvalue weighted by atomic mass is 10.0. The van der Waals surface area contributed by atoms with Crippen molar-refractivity contribution in [1.29, 1.82) is 0 Å². The molecule has 1 atom stereocenters. The van der Waals surface area contributed by atoms with Crippen molar-refractivity contribution >= 4 is 17.5 Å². The number of rotatable bonds is 5. The highest BCUT2D eigenvalue weighted by molar-refractivity contribution is 6.39. The number of halogens is 1. The number of hydrogen-bond donors (Lipinski definition) is 2. The molecule has 7 heteroatoms. The summed E-state index contributed by atoms with van der Waals surface area (Å²) in [5.74, 6) is -1.68. The minimum atomic E-state index is -0.695. The summed E-state index contributed by atoms with van der Waals surface area (Å²) in [6, 6.07) is 11.9. The molecular formula is C23H29FN4O2. The van der Waals surface area contributed by atoms with Gasteiger partial charge in [-0.15, -0.1) is 0 Å². The van der Waals surface area contributed by atoms with Gasteiger partial charge in [0.2, 0.25) is 0 Å². The maximum absolute atomic E-state index is 13.4. The van der Waals surface area contributed by atoms with Crippen LogP contribution in [0.3, 0.4) is 0 Å². The molecular weight excluding hydrogens is 383 g/mol. The van der Waals surface area contributed by atoms with Crippen molar-refractivity contribution in [2.24, 2.45) is 0 Å². The zero-order valence-corrected chi connectivity index (χ0v) is 17.7. The third kappa shape index (κ3) is 5.64. The SMILES string of the molecule is Cc1ccc(C)c(NC(=O)C(=O)NC[C@@H](c2ccc(F)cc2)N2CCN(C)CC2)c1. The highest BCUT2D eigenvalue weighted by Crippen LogP contribution is 2.22. The van der Waals surface area contributed by atoms with Crippen LogP contribution in [0.1, 0.15) is 22.7 Å². The fourth-order valence-corrected chi connectivity index (χ4v) is 3.60. The summed E-state index contributed by atoms with van der Waals surface area (Å²) in [5, 5.41) is 5.44. The second-order valence-corrected chi connectivity index (χ2v) is 7.89. The van der Waals surface area contributed by atoms with E-state index in [0.717, 1.165) is 42.9 Å². The number of nitrogens with one attached hydrogen (secondary N) is 2. The van der Waals surface area contributed by atoms with Crippen LogP contribution < -0.4 is 10.6 Å². The molecule has 0 aliphatic carbocycles. The van der Waals surface area contributed by atoms with Gasteiger partial charge < -0.3 is 15.5 Å². The Balaban J connectivity index is 1.66. The summed E-state index contributed by atoms with van der Waals surface area (Å²) in [5.41, 5.74) is 3.44. The summed E-state index contributed by atoms with van der Waals surface area (Å²) in [6.07, 6.45) is 0. The van der Waals surface area contributed by atoms with Crippen LogP contribution in [-0.2, 0) is 9.59 Å². The molecule has 3 rings (SSSR count). The molecule has 6 nitrogen and oxygen atoms in total. The number of hydrogen-bond acceptors (Lipinski definition) is 4. The van der Waals surface area contributed by atoms with Crippen LogP contribution in [-0.4, -0.2) is 61.4 Å². The lowest BCUT2D eigenvalue weighted by molar-refractivity contribution is -0.136. The monoisotopic (exact) mass is 412 g/mol. The molecule has 1 aliphatic rings. The van der Waals surface area contributed by atoms with Crippen LogP contribution in [0.25, 0.3) is 0 Å². The Kier molecular flexibility index (Phi) is 7.18. The molecule has 0 saturated carbocycles. The van der Waals surface area contributed by atoms with E-state index in [2.05, 4.69) is 27.5 Å². The van der Waals surface area contributed by atoms with Gasteiger partial charge >= 0.3 is 11.8 Å². The van der Waals surface area contributed by atoms with Crippen LogP contribution in [0.4, 0.5) is 10.1 Å². The van der Waals surface area contributed by atoms with Crippen LogP contribution in [0.2, 0.25) is 0 Å². The minimum absolute atomic E-state index is 0.128. The molecule has 2 aromatic carbocycles. The Bertz CT molecular complexity index is 893. The van der Waals surface area contributed by atoms with Crippen molar-refractivity contribution in [3.05, 3.63) is 65.0 Å². The smallest absolute Gasteiger partial charge is 0.313 e. The number of aryl methyl sites for hydroxylation is 2. The number of likely N-dealkylation sites (N-methyl/N-ethyl adjacent to an activating group) is 1. The van der Waals surface area contributed by atoms with Gasteiger partial charge in [0, 0.05) is 38.4 Å². The van der Waals surface area contributed by atoms with Crippen molar-refractivity contribution in [2.45, 2.75) is 19.9 Å². The zero-order valence-electron chi connectivity index (χ0n) is 17.7. The van der Waals surface area contributed by atoms with E-state index >= 15 is 0 Å². The van der Waals surface area contributed by atoms with Crippen molar-refractivity contribution in [3.8, 4) is 0 Å². The lowest BCUT2D eigenvalue weighted by Crippen LogP contribution is -2.49. The van der Waals surface area contributed by atoms with Crippen molar-refractivity contribution < 1.29 is 14.0 Å². The molecule has 2 N–H and O–H groups in total. The molecule has 30 heavy (non-hydrogen) atoms. The number of benzene rings is 2. The number of amides is 2. The van der Waals surface area contributed by atoms with Gasteiger partial charge in [0.05, 0.1) is 6.04 Å². The van der Waals surface area contributed by atoms with Gasteiger partial charge in [-0.1, -0.05) is 24.3 Å². The molecule has 0 bridgehead atoms. The van der Waals surface area contributed by atoms with Gasteiger partial charge in [0.25, 0.3) is 0 Å². The van der Waals surface area contributed by atoms with Crippen molar-refractivity contribution in [1.82, 2.24) is 15.1 Å². The first-order valence-corrected chi connectivity index (χ1v) is 10.2. The van der Waals surface area contributed by atoms with E-state index in [1.807, 2.05) is 32.0 Å². The molecule has 1 heterocycles. The van der Waals surface area contributed by atoms with Crippen LogP contribution >= 0.6 is 0 Å². The molecule has 1 fully saturated rings. The summed E-state index contributed by atoms with van der Waals surface area (Å²) < 4.78 is 13.4. The summed E-state index contributed by atoms with van der Waals surface area (Å²) in [6.45, 7) is 7.58. The highest BCUT2D eigenvalue weighted by atomic mass is 19.1.